The molecule has 0 amide bonds. The van der Waals surface area contributed by atoms with Crippen molar-refractivity contribution in [2.45, 2.75) is 25.6 Å². The molecule has 92 valence electrons. The fourth-order valence-corrected chi connectivity index (χ4v) is 1.60. The van der Waals surface area contributed by atoms with E-state index >= 15 is 0 Å². The summed E-state index contributed by atoms with van der Waals surface area (Å²) < 4.78 is 5.46. The smallest absolute Gasteiger partial charge is 0.233 e. The van der Waals surface area contributed by atoms with E-state index in [0.717, 1.165) is 0 Å². The fourth-order valence-electron chi connectivity index (χ4n) is 1.60. The quantitative estimate of drug-likeness (QED) is 0.602. The van der Waals surface area contributed by atoms with Crippen LogP contribution in [-0.4, -0.2) is 16.3 Å². The number of aromatic amines is 1. The number of hydrogen-bond donors (Lipinski definition) is 4. The van der Waals surface area contributed by atoms with Crippen molar-refractivity contribution in [3.05, 3.63) is 35.8 Å². The number of nitrogens with zero attached hydrogens (tertiary/aromatic N) is 1. The lowest BCUT2D eigenvalue weighted by Gasteiger charge is -2.29. The zero-order valence-electron chi connectivity index (χ0n) is 9.90. The maximum absolute atomic E-state index is 6.17. The van der Waals surface area contributed by atoms with E-state index in [1.807, 2.05) is 13.8 Å². The van der Waals surface area contributed by atoms with Gasteiger partial charge in [0.1, 0.15) is 5.66 Å². The fraction of sp³-hybridized carbons (Fsp3) is 0.364. The molecule has 0 aromatic carbocycles. The SMILES string of the molecule is CC(C)Oc1cc(C2(N)C=CC=C(N)N2)[nH]n1. The summed E-state index contributed by atoms with van der Waals surface area (Å²) in [6, 6.07) is 1.76. The lowest BCUT2D eigenvalue weighted by molar-refractivity contribution is 0.232. The van der Waals surface area contributed by atoms with Gasteiger partial charge in [-0.15, -0.1) is 5.10 Å². The van der Waals surface area contributed by atoms with Gasteiger partial charge in [0.05, 0.1) is 17.6 Å². The summed E-state index contributed by atoms with van der Waals surface area (Å²) in [6.07, 6.45) is 5.42. The third-order valence-corrected chi connectivity index (χ3v) is 2.34. The highest BCUT2D eigenvalue weighted by molar-refractivity contribution is 5.32. The van der Waals surface area contributed by atoms with Gasteiger partial charge < -0.3 is 21.5 Å². The summed E-state index contributed by atoms with van der Waals surface area (Å²) >= 11 is 0. The first-order chi connectivity index (χ1) is 7.99. The number of nitrogens with one attached hydrogen (secondary N) is 2. The van der Waals surface area contributed by atoms with Crippen molar-refractivity contribution in [2.75, 3.05) is 0 Å². The van der Waals surface area contributed by atoms with Crippen LogP contribution in [0.3, 0.4) is 0 Å². The number of rotatable bonds is 3. The molecule has 6 heteroatoms. The van der Waals surface area contributed by atoms with Gasteiger partial charge in [0, 0.05) is 6.07 Å². The summed E-state index contributed by atoms with van der Waals surface area (Å²) in [6.45, 7) is 3.87. The van der Waals surface area contributed by atoms with Gasteiger partial charge in [-0.05, 0) is 26.0 Å². The van der Waals surface area contributed by atoms with E-state index < -0.39 is 5.66 Å². The summed E-state index contributed by atoms with van der Waals surface area (Å²) in [5.41, 5.74) is 11.7. The van der Waals surface area contributed by atoms with Gasteiger partial charge in [-0.2, -0.15) is 0 Å². The Bertz CT molecular complexity index is 462. The number of allylic oxidation sites excluding steroid dienone is 2. The minimum Gasteiger partial charge on any atom is -0.474 e. The first-order valence-corrected chi connectivity index (χ1v) is 5.44. The molecule has 6 N–H and O–H groups in total. The van der Waals surface area contributed by atoms with E-state index in [1.165, 1.54) is 0 Å². The standard InChI is InChI=1S/C11H17N5O/c1-7(2)17-10-6-8(15-16-10)11(13)5-3-4-9(12)14-11/h3-7,14H,12-13H2,1-2H3,(H,15,16). The molecule has 1 unspecified atom stereocenters. The third-order valence-electron chi connectivity index (χ3n) is 2.34. The van der Waals surface area contributed by atoms with Gasteiger partial charge in [0.15, 0.2) is 0 Å². The molecule has 0 radical (unpaired) electrons. The normalized spacial score (nSPS) is 23.4. The Hall–Kier alpha value is -1.95. The van der Waals surface area contributed by atoms with Crippen LogP contribution in [0.25, 0.3) is 0 Å². The largest absolute Gasteiger partial charge is 0.474 e. The Balaban J connectivity index is 2.20. The van der Waals surface area contributed by atoms with Crippen LogP contribution in [0.1, 0.15) is 19.5 Å². The third kappa shape index (κ3) is 2.42. The number of hydrogen-bond acceptors (Lipinski definition) is 5. The second kappa shape index (κ2) is 4.14. The molecule has 0 saturated heterocycles. The van der Waals surface area contributed by atoms with E-state index in [4.69, 9.17) is 16.2 Å². The highest BCUT2D eigenvalue weighted by Gasteiger charge is 2.28. The Kier molecular flexibility index (Phi) is 2.81. The number of nitrogens with two attached hydrogens (primary N) is 2. The van der Waals surface area contributed by atoms with Crippen LogP contribution in [0.2, 0.25) is 0 Å². The molecule has 0 bridgehead atoms. The van der Waals surface area contributed by atoms with Crippen LogP contribution in [0.15, 0.2) is 30.1 Å². The first-order valence-electron chi connectivity index (χ1n) is 5.44. The molecule has 1 aliphatic heterocycles. The minimum atomic E-state index is -0.871. The topological polar surface area (TPSA) is 102 Å². The van der Waals surface area contributed by atoms with Gasteiger partial charge in [-0.3, -0.25) is 5.10 Å². The lowest BCUT2D eigenvalue weighted by Crippen LogP contribution is -2.51. The zero-order valence-corrected chi connectivity index (χ0v) is 9.90. The average molecular weight is 235 g/mol. The van der Waals surface area contributed by atoms with Crippen LogP contribution in [0, 0.1) is 0 Å². The Morgan fingerprint density at radius 2 is 2.24 bits per heavy atom. The van der Waals surface area contributed by atoms with Gasteiger partial charge >= 0.3 is 0 Å². The molecular formula is C11H17N5O. The molecule has 0 saturated carbocycles. The summed E-state index contributed by atoms with van der Waals surface area (Å²) in [5, 5.41) is 9.86. The van der Waals surface area contributed by atoms with Crippen molar-refractivity contribution < 1.29 is 4.74 Å². The van der Waals surface area contributed by atoms with Crippen molar-refractivity contribution in [3.63, 3.8) is 0 Å². The van der Waals surface area contributed by atoms with E-state index in [9.17, 15) is 0 Å². The predicted octanol–water partition coefficient (Wildman–Crippen LogP) is 0.268. The highest BCUT2D eigenvalue weighted by Crippen LogP contribution is 2.22. The Labute approximate surface area is 99.7 Å². The highest BCUT2D eigenvalue weighted by atomic mass is 16.5. The number of ether oxygens (including phenoxy) is 1. The average Bonchev–Trinajstić information content (AvgIpc) is 2.65. The second-order valence-corrected chi connectivity index (χ2v) is 4.26. The van der Waals surface area contributed by atoms with Crippen molar-refractivity contribution >= 4 is 0 Å². The molecule has 0 fully saturated rings. The Morgan fingerprint density at radius 3 is 2.88 bits per heavy atom. The van der Waals surface area contributed by atoms with E-state index in [-0.39, 0.29) is 6.10 Å². The maximum Gasteiger partial charge on any atom is 0.233 e. The molecule has 6 nitrogen and oxygen atoms in total. The Morgan fingerprint density at radius 1 is 1.47 bits per heavy atom. The molecule has 0 spiro atoms. The first kappa shape index (κ1) is 11.5. The van der Waals surface area contributed by atoms with Crippen LogP contribution >= 0.6 is 0 Å². The van der Waals surface area contributed by atoms with Gasteiger partial charge in [-0.25, -0.2) is 0 Å². The van der Waals surface area contributed by atoms with Crippen molar-refractivity contribution in [1.82, 2.24) is 15.5 Å². The van der Waals surface area contributed by atoms with E-state index in [2.05, 4.69) is 15.5 Å². The molecule has 2 heterocycles. The minimum absolute atomic E-state index is 0.0692. The molecule has 0 aliphatic carbocycles. The van der Waals surface area contributed by atoms with Gasteiger partial charge in [0.2, 0.25) is 5.88 Å². The summed E-state index contributed by atoms with van der Waals surface area (Å²) in [7, 11) is 0. The summed E-state index contributed by atoms with van der Waals surface area (Å²) in [4.78, 5) is 0. The van der Waals surface area contributed by atoms with Crippen molar-refractivity contribution in [3.8, 4) is 5.88 Å². The van der Waals surface area contributed by atoms with Crippen LogP contribution in [0.5, 0.6) is 5.88 Å². The van der Waals surface area contributed by atoms with Crippen LogP contribution in [-0.2, 0) is 5.66 Å². The molecule has 1 aliphatic rings. The predicted molar refractivity (Wildman–Crippen MR) is 64.8 cm³/mol. The molecule has 1 atom stereocenters. The number of H-pyrrole nitrogens is 1. The molecule has 1 aromatic heterocycles. The van der Waals surface area contributed by atoms with Gasteiger partial charge in [0.25, 0.3) is 0 Å². The van der Waals surface area contributed by atoms with E-state index in [0.29, 0.717) is 17.4 Å². The van der Waals surface area contributed by atoms with Crippen molar-refractivity contribution in [2.24, 2.45) is 11.5 Å². The van der Waals surface area contributed by atoms with Gasteiger partial charge in [-0.1, -0.05) is 6.08 Å². The zero-order chi connectivity index (χ0) is 12.5. The molecule has 1 aromatic rings. The van der Waals surface area contributed by atoms with Crippen LogP contribution < -0.4 is 21.5 Å². The monoisotopic (exact) mass is 235 g/mol. The maximum atomic E-state index is 6.17. The second-order valence-electron chi connectivity index (χ2n) is 4.26. The summed E-state index contributed by atoms with van der Waals surface area (Å²) in [5.74, 6) is 1.03. The number of dihydropyridines is 1. The van der Waals surface area contributed by atoms with Crippen molar-refractivity contribution in [1.29, 1.82) is 0 Å². The number of aromatic nitrogens is 2. The molecule has 17 heavy (non-hydrogen) atoms. The molecular weight excluding hydrogens is 218 g/mol. The van der Waals surface area contributed by atoms with Crippen LogP contribution in [0.4, 0.5) is 0 Å². The van der Waals surface area contributed by atoms with E-state index in [1.54, 1.807) is 24.3 Å². The molecule has 2 rings (SSSR count). The lowest BCUT2D eigenvalue weighted by atomic mass is 10.0.